The van der Waals surface area contributed by atoms with Crippen molar-refractivity contribution in [3.63, 3.8) is 0 Å². The van der Waals surface area contributed by atoms with Crippen molar-refractivity contribution in [3.05, 3.63) is 28.2 Å². The lowest BCUT2D eigenvalue weighted by Gasteiger charge is -2.21. The SMILES string of the molecule is C#CC(C)(C)c1cc(Br)ccc1ONC(=O)CCC. The Bertz CT molecular complexity index is 503. The first-order valence-electron chi connectivity index (χ1n) is 6.14. The zero-order valence-electron chi connectivity index (χ0n) is 11.4. The minimum absolute atomic E-state index is 0.144. The molecule has 0 fully saturated rings. The Labute approximate surface area is 122 Å². The highest BCUT2D eigenvalue weighted by Crippen LogP contribution is 2.33. The van der Waals surface area contributed by atoms with E-state index >= 15 is 0 Å². The fourth-order valence-corrected chi connectivity index (χ4v) is 1.91. The Morgan fingerprint density at radius 3 is 2.79 bits per heavy atom. The molecule has 0 saturated carbocycles. The lowest BCUT2D eigenvalue weighted by molar-refractivity contribution is -0.127. The van der Waals surface area contributed by atoms with Crippen LogP contribution in [0.5, 0.6) is 5.75 Å². The number of amides is 1. The summed E-state index contributed by atoms with van der Waals surface area (Å²) in [4.78, 5) is 16.8. The molecule has 0 bridgehead atoms. The average Bonchev–Trinajstić information content (AvgIpc) is 2.37. The van der Waals surface area contributed by atoms with Gasteiger partial charge in [-0.15, -0.1) is 6.42 Å². The molecule has 0 unspecified atom stereocenters. The number of carbonyl (C=O) groups is 1. The van der Waals surface area contributed by atoms with Gasteiger partial charge in [-0.3, -0.25) is 4.79 Å². The summed E-state index contributed by atoms with van der Waals surface area (Å²) in [6.07, 6.45) is 6.76. The van der Waals surface area contributed by atoms with Gasteiger partial charge in [0.05, 0.1) is 5.41 Å². The predicted octanol–water partition coefficient (Wildman–Crippen LogP) is 3.57. The Balaban J connectivity index is 2.96. The summed E-state index contributed by atoms with van der Waals surface area (Å²) < 4.78 is 0.915. The number of carbonyl (C=O) groups excluding carboxylic acids is 1. The van der Waals surface area contributed by atoms with Crippen LogP contribution < -0.4 is 10.3 Å². The van der Waals surface area contributed by atoms with Crippen molar-refractivity contribution in [2.24, 2.45) is 0 Å². The van der Waals surface area contributed by atoms with E-state index in [0.29, 0.717) is 12.2 Å². The summed E-state index contributed by atoms with van der Waals surface area (Å²) in [6, 6.07) is 5.53. The third kappa shape index (κ3) is 4.29. The summed E-state index contributed by atoms with van der Waals surface area (Å²) in [6.45, 7) is 5.79. The summed E-state index contributed by atoms with van der Waals surface area (Å²) in [5.74, 6) is 3.15. The average molecular weight is 324 g/mol. The van der Waals surface area contributed by atoms with Crippen molar-refractivity contribution in [2.75, 3.05) is 0 Å². The fourth-order valence-electron chi connectivity index (χ4n) is 1.55. The first kappa shape index (κ1) is 15.6. The van der Waals surface area contributed by atoms with E-state index in [1.165, 1.54) is 0 Å². The molecule has 0 radical (unpaired) electrons. The highest BCUT2D eigenvalue weighted by molar-refractivity contribution is 9.10. The first-order valence-corrected chi connectivity index (χ1v) is 6.93. The van der Waals surface area contributed by atoms with E-state index in [9.17, 15) is 4.79 Å². The molecule has 1 aromatic rings. The van der Waals surface area contributed by atoms with Gasteiger partial charge in [0.15, 0.2) is 5.75 Å². The Hall–Kier alpha value is -1.47. The fraction of sp³-hybridized carbons (Fsp3) is 0.400. The maximum Gasteiger partial charge on any atom is 0.252 e. The Kier molecular flexibility index (Phi) is 5.44. The van der Waals surface area contributed by atoms with Gasteiger partial charge in [0.25, 0.3) is 5.91 Å². The lowest BCUT2D eigenvalue weighted by Crippen LogP contribution is -2.28. The smallest absolute Gasteiger partial charge is 0.252 e. The molecule has 0 saturated heterocycles. The summed E-state index contributed by atoms with van der Waals surface area (Å²) in [7, 11) is 0. The number of halogens is 1. The molecular formula is C15H18BrNO2. The van der Waals surface area contributed by atoms with Crippen LogP contribution in [0.2, 0.25) is 0 Å². The number of hydrogen-bond donors (Lipinski definition) is 1. The van der Waals surface area contributed by atoms with Gasteiger partial charge in [-0.2, -0.15) is 5.48 Å². The molecule has 0 aliphatic heterocycles. The van der Waals surface area contributed by atoms with Gasteiger partial charge in [0.1, 0.15) is 0 Å². The lowest BCUT2D eigenvalue weighted by atomic mass is 9.85. The van der Waals surface area contributed by atoms with Crippen molar-refractivity contribution in [1.29, 1.82) is 0 Å². The van der Waals surface area contributed by atoms with Crippen molar-refractivity contribution in [1.82, 2.24) is 5.48 Å². The number of terminal acetylenes is 1. The number of hydrogen-bond acceptors (Lipinski definition) is 2. The maximum atomic E-state index is 11.4. The zero-order valence-corrected chi connectivity index (χ0v) is 13.0. The molecule has 0 aromatic heterocycles. The van der Waals surface area contributed by atoms with Crippen LogP contribution in [0.3, 0.4) is 0 Å². The molecule has 0 atom stereocenters. The highest BCUT2D eigenvalue weighted by atomic mass is 79.9. The highest BCUT2D eigenvalue weighted by Gasteiger charge is 2.23. The van der Waals surface area contributed by atoms with Crippen LogP contribution in [0.1, 0.15) is 39.2 Å². The van der Waals surface area contributed by atoms with E-state index < -0.39 is 5.41 Å². The quantitative estimate of drug-likeness (QED) is 0.664. The van der Waals surface area contributed by atoms with E-state index in [1.54, 1.807) is 6.07 Å². The minimum Gasteiger partial charge on any atom is -0.379 e. The van der Waals surface area contributed by atoms with Gasteiger partial charge < -0.3 is 4.84 Å². The maximum absolute atomic E-state index is 11.4. The summed E-state index contributed by atoms with van der Waals surface area (Å²) in [5.41, 5.74) is 2.80. The van der Waals surface area contributed by atoms with E-state index in [-0.39, 0.29) is 5.91 Å². The van der Waals surface area contributed by atoms with Crippen LogP contribution in [0.25, 0.3) is 0 Å². The van der Waals surface area contributed by atoms with Gasteiger partial charge in [-0.1, -0.05) is 28.8 Å². The van der Waals surface area contributed by atoms with Crippen LogP contribution in [-0.2, 0) is 10.2 Å². The molecule has 0 spiro atoms. The van der Waals surface area contributed by atoms with Crippen LogP contribution in [0, 0.1) is 12.3 Å². The second-order valence-corrected chi connectivity index (χ2v) is 5.70. The number of nitrogens with one attached hydrogen (secondary N) is 1. The van der Waals surface area contributed by atoms with Crippen molar-refractivity contribution >= 4 is 21.8 Å². The molecule has 19 heavy (non-hydrogen) atoms. The topological polar surface area (TPSA) is 38.3 Å². The van der Waals surface area contributed by atoms with E-state index in [2.05, 4.69) is 27.3 Å². The Morgan fingerprint density at radius 1 is 1.53 bits per heavy atom. The van der Waals surface area contributed by atoms with Crippen LogP contribution >= 0.6 is 15.9 Å². The molecule has 1 N–H and O–H groups in total. The van der Waals surface area contributed by atoms with Gasteiger partial charge >= 0.3 is 0 Å². The largest absolute Gasteiger partial charge is 0.379 e. The van der Waals surface area contributed by atoms with Crippen LogP contribution in [0.15, 0.2) is 22.7 Å². The second kappa shape index (κ2) is 6.63. The predicted molar refractivity (Wildman–Crippen MR) is 79.7 cm³/mol. The Morgan fingerprint density at radius 2 is 2.21 bits per heavy atom. The molecule has 0 aliphatic rings. The summed E-state index contributed by atoms with van der Waals surface area (Å²) >= 11 is 3.41. The standard InChI is InChI=1S/C15H18BrNO2/c1-5-7-14(18)17-19-13-9-8-11(16)10-12(13)15(3,4)6-2/h2,8-10H,5,7H2,1,3-4H3,(H,17,18). The second-order valence-electron chi connectivity index (χ2n) is 4.79. The molecule has 1 rings (SSSR count). The van der Waals surface area contributed by atoms with Crippen LogP contribution in [0.4, 0.5) is 0 Å². The monoisotopic (exact) mass is 323 g/mol. The minimum atomic E-state index is -0.478. The van der Waals surface area contributed by atoms with Gasteiger partial charge in [-0.25, -0.2) is 0 Å². The molecule has 1 aromatic carbocycles. The number of hydroxylamine groups is 1. The molecule has 0 heterocycles. The third-order valence-corrected chi connectivity index (χ3v) is 3.22. The van der Waals surface area contributed by atoms with Crippen LogP contribution in [-0.4, -0.2) is 5.91 Å². The van der Waals surface area contributed by atoms with E-state index in [4.69, 9.17) is 11.3 Å². The normalized spacial score (nSPS) is 10.7. The van der Waals surface area contributed by atoms with Gasteiger partial charge in [0.2, 0.25) is 0 Å². The first-order chi connectivity index (χ1) is 8.90. The third-order valence-electron chi connectivity index (χ3n) is 2.73. The molecule has 3 nitrogen and oxygen atoms in total. The van der Waals surface area contributed by atoms with E-state index in [1.807, 2.05) is 32.9 Å². The van der Waals surface area contributed by atoms with Crippen molar-refractivity contribution < 1.29 is 9.63 Å². The number of benzene rings is 1. The molecule has 0 aliphatic carbocycles. The molecule has 102 valence electrons. The zero-order chi connectivity index (χ0) is 14.5. The summed E-state index contributed by atoms with van der Waals surface area (Å²) in [5, 5.41) is 0. The van der Waals surface area contributed by atoms with Gasteiger partial charge in [0, 0.05) is 16.5 Å². The van der Waals surface area contributed by atoms with Crippen molar-refractivity contribution in [2.45, 2.75) is 39.0 Å². The van der Waals surface area contributed by atoms with E-state index in [0.717, 1.165) is 16.5 Å². The number of rotatable bonds is 5. The van der Waals surface area contributed by atoms with Gasteiger partial charge in [-0.05, 0) is 38.5 Å². The molecule has 4 heteroatoms. The molecular weight excluding hydrogens is 306 g/mol. The van der Waals surface area contributed by atoms with Crippen molar-refractivity contribution in [3.8, 4) is 18.1 Å². The molecule has 1 amide bonds.